The summed E-state index contributed by atoms with van der Waals surface area (Å²) in [5.74, 6) is 5.22. The van der Waals surface area contributed by atoms with Crippen molar-refractivity contribution in [1.82, 2.24) is 0 Å². The third-order valence-electron chi connectivity index (χ3n) is 2.10. The minimum atomic E-state index is 0.277. The number of aromatic hydroxyl groups is 1. The number of hydrogen-bond acceptors (Lipinski definition) is 3. The van der Waals surface area contributed by atoms with Gasteiger partial charge < -0.3 is 9.94 Å². The molecule has 0 atom stereocenters. The molecule has 0 aromatic heterocycles. The van der Waals surface area contributed by atoms with E-state index in [0.29, 0.717) is 13.0 Å². The highest BCUT2D eigenvalue weighted by Crippen LogP contribution is 2.29. The Morgan fingerprint density at radius 1 is 1.50 bits per heavy atom. The summed E-state index contributed by atoms with van der Waals surface area (Å²) in [4.78, 5) is 4.49. The summed E-state index contributed by atoms with van der Waals surface area (Å²) in [6.45, 7) is 2.48. The van der Waals surface area contributed by atoms with Crippen LogP contribution in [0.5, 0.6) is 5.75 Å². The number of hydrogen-bond donors (Lipinski definition) is 2. The van der Waals surface area contributed by atoms with Crippen LogP contribution in [-0.2, 0) is 17.7 Å². The minimum Gasteiger partial charge on any atom is -0.506 e. The maximum atomic E-state index is 9.70. The molecule has 3 nitrogen and oxygen atoms in total. The topological polar surface area (TPSA) is 55.5 Å². The average Bonchev–Trinajstić information content (AvgIpc) is 2.20. The van der Waals surface area contributed by atoms with Crippen molar-refractivity contribution in [1.29, 1.82) is 0 Å². The smallest absolute Gasteiger partial charge is 0.133 e. The second-order valence-corrected chi connectivity index (χ2v) is 3.91. The molecule has 0 aliphatic heterocycles. The Kier molecular flexibility index (Phi) is 4.38. The minimum absolute atomic E-state index is 0.277. The lowest BCUT2D eigenvalue weighted by Gasteiger charge is -2.08. The number of phenols is 1. The van der Waals surface area contributed by atoms with E-state index in [1.807, 2.05) is 12.1 Å². The Balaban J connectivity index is 2.95. The predicted molar refractivity (Wildman–Crippen MR) is 59.0 cm³/mol. The zero-order chi connectivity index (χ0) is 10.6. The summed E-state index contributed by atoms with van der Waals surface area (Å²) in [5, 5.41) is 9.70. The Labute approximate surface area is 92.0 Å². The molecule has 3 N–H and O–H groups in total. The summed E-state index contributed by atoms with van der Waals surface area (Å²) in [7, 11) is 0. The molecule has 1 rings (SSSR count). The largest absolute Gasteiger partial charge is 0.506 e. The first-order valence-electron chi connectivity index (χ1n) is 4.51. The summed E-state index contributed by atoms with van der Waals surface area (Å²) in [6, 6.07) is 3.89. The van der Waals surface area contributed by atoms with E-state index in [0.717, 1.165) is 16.5 Å². The lowest BCUT2D eigenvalue weighted by Crippen LogP contribution is -2.04. The number of nitrogens with two attached hydrogens (primary N) is 1. The third-order valence-corrected chi connectivity index (χ3v) is 2.70. The van der Waals surface area contributed by atoms with Gasteiger partial charge in [0.15, 0.2) is 0 Å². The summed E-state index contributed by atoms with van der Waals surface area (Å²) < 4.78 is 0.726. The van der Waals surface area contributed by atoms with E-state index in [1.165, 1.54) is 5.56 Å². The summed E-state index contributed by atoms with van der Waals surface area (Å²) >= 11 is 3.31. The molecule has 0 unspecified atom stereocenters. The van der Waals surface area contributed by atoms with Crippen LogP contribution in [0.25, 0.3) is 0 Å². The molecule has 0 bridgehead atoms. The Morgan fingerprint density at radius 3 is 2.79 bits per heavy atom. The highest BCUT2D eigenvalue weighted by atomic mass is 79.9. The first-order valence-corrected chi connectivity index (χ1v) is 5.30. The molecule has 0 spiro atoms. The molecular formula is C10H14BrNO2. The van der Waals surface area contributed by atoms with E-state index in [-0.39, 0.29) is 5.75 Å². The van der Waals surface area contributed by atoms with Crippen molar-refractivity contribution in [2.45, 2.75) is 19.8 Å². The highest BCUT2D eigenvalue weighted by Gasteiger charge is 2.07. The van der Waals surface area contributed by atoms with Gasteiger partial charge in [-0.1, -0.05) is 13.0 Å². The van der Waals surface area contributed by atoms with E-state index >= 15 is 0 Å². The molecule has 0 aliphatic rings. The SMILES string of the molecule is CCc1cc(Br)c(O)c(CCON)c1. The summed E-state index contributed by atoms with van der Waals surface area (Å²) in [5.41, 5.74) is 2.04. The van der Waals surface area contributed by atoms with Gasteiger partial charge in [0.1, 0.15) is 5.75 Å². The van der Waals surface area contributed by atoms with Crippen LogP contribution in [0.15, 0.2) is 16.6 Å². The number of rotatable bonds is 4. The fourth-order valence-electron chi connectivity index (χ4n) is 1.28. The average molecular weight is 260 g/mol. The molecule has 0 amide bonds. The quantitative estimate of drug-likeness (QED) is 0.815. The van der Waals surface area contributed by atoms with Gasteiger partial charge in [0, 0.05) is 6.42 Å². The van der Waals surface area contributed by atoms with Crippen molar-refractivity contribution >= 4 is 15.9 Å². The fourth-order valence-corrected chi connectivity index (χ4v) is 1.83. The van der Waals surface area contributed by atoms with E-state index in [2.05, 4.69) is 27.7 Å². The van der Waals surface area contributed by atoms with E-state index in [9.17, 15) is 5.11 Å². The lowest BCUT2D eigenvalue weighted by molar-refractivity contribution is 0.140. The van der Waals surface area contributed by atoms with Gasteiger partial charge >= 0.3 is 0 Å². The van der Waals surface area contributed by atoms with Crippen LogP contribution in [-0.4, -0.2) is 11.7 Å². The zero-order valence-corrected chi connectivity index (χ0v) is 9.67. The van der Waals surface area contributed by atoms with Crippen LogP contribution in [0, 0.1) is 0 Å². The van der Waals surface area contributed by atoms with Crippen molar-refractivity contribution in [2.24, 2.45) is 5.90 Å². The van der Waals surface area contributed by atoms with Gasteiger partial charge in [-0.05, 0) is 39.5 Å². The normalized spacial score (nSPS) is 10.5. The zero-order valence-electron chi connectivity index (χ0n) is 8.09. The molecule has 0 saturated heterocycles. The van der Waals surface area contributed by atoms with Crippen LogP contribution >= 0.6 is 15.9 Å². The molecule has 0 aliphatic carbocycles. The van der Waals surface area contributed by atoms with Crippen LogP contribution in [0.4, 0.5) is 0 Å². The molecule has 4 heteroatoms. The van der Waals surface area contributed by atoms with Crippen LogP contribution in [0.3, 0.4) is 0 Å². The molecular weight excluding hydrogens is 246 g/mol. The second kappa shape index (κ2) is 5.34. The molecule has 14 heavy (non-hydrogen) atoms. The Hall–Kier alpha value is -0.580. The van der Waals surface area contributed by atoms with Crippen molar-refractivity contribution in [3.63, 3.8) is 0 Å². The van der Waals surface area contributed by atoms with Crippen molar-refractivity contribution in [2.75, 3.05) is 6.61 Å². The monoisotopic (exact) mass is 259 g/mol. The van der Waals surface area contributed by atoms with Crippen molar-refractivity contribution in [3.8, 4) is 5.75 Å². The Bertz CT molecular complexity index is 315. The Morgan fingerprint density at radius 2 is 2.21 bits per heavy atom. The van der Waals surface area contributed by atoms with Crippen LogP contribution < -0.4 is 5.90 Å². The molecule has 0 saturated carbocycles. The molecule has 1 aromatic rings. The third kappa shape index (κ3) is 2.70. The molecule has 1 aromatic carbocycles. The van der Waals surface area contributed by atoms with Gasteiger partial charge in [0.05, 0.1) is 11.1 Å². The standard InChI is InChI=1S/C10H14BrNO2/c1-2-7-5-8(3-4-14-12)10(13)9(11)6-7/h5-6,13H,2-4,12H2,1H3. The fraction of sp³-hybridized carbons (Fsp3) is 0.400. The van der Waals surface area contributed by atoms with Gasteiger partial charge in [-0.3, -0.25) is 0 Å². The highest BCUT2D eigenvalue weighted by molar-refractivity contribution is 9.10. The maximum absolute atomic E-state index is 9.70. The van der Waals surface area contributed by atoms with Gasteiger partial charge in [0.2, 0.25) is 0 Å². The molecule has 0 fully saturated rings. The number of aryl methyl sites for hydroxylation is 1. The van der Waals surface area contributed by atoms with Gasteiger partial charge in [-0.25, -0.2) is 5.90 Å². The van der Waals surface area contributed by atoms with Crippen LogP contribution in [0.1, 0.15) is 18.1 Å². The number of benzene rings is 1. The molecule has 78 valence electrons. The number of halogens is 1. The van der Waals surface area contributed by atoms with Gasteiger partial charge in [0.25, 0.3) is 0 Å². The van der Waals surface area contributed by atoms with E-state index in [4.69, 9.17) is 5.90 Å². The summed E-state index contributed by atoms with van der Waals surface area (Å²) in [6.07, 6.45) is 1.56. The van der Waals surface area contributed by atoms with Crippen molar-refractivity contribution < 1.29 is 9.94 Å². The second-order valence-electron chi connectivity index (χ2n) is 3.06. The van der Waals surface area contributed by atoms with E-state index < -0.39 is 0 Å². The predicted octanol–water partition coefficient (Wildman–Crippen LogP) is 2.15. The molecule has 0 heterocycles. The van der Waals surface area contributed by atoms with E-state index in [1.54, 1.807) is 0 Å². The first-order chi connectivity index (χ1) is 6.69. The van der Waals surface area contributed by atoms with Crippen molar-refractivity contribution in [3.05, 3.63) is 27.7 Å². The van der Waals surface area contributed by atoms with Crippen LogP contribution in [0.2, 0.25) is 0 Å². The first kappa shape index (κ1) is 11.5. The number of phenolic OH excluding ortho intramolecular Hbond substituents is 1. The maximum Gasteiger partial charge on any atom is 0.133 e. The molecule has 0 radical (unpaired) electrons. The van der Waals surface area contributed by atoms with Gasteiger partial charge in [-0.15, -0.1) is 0 Å². The van der Waals surface area contributed by atoms with Gasteiger partial charge in [-0.2, -0.15) is 0 Å². The lowest BCUT2D eigenvalue weighted by atomic mass is 10.1.